The number of amides is 1. The predicted octanol–water partition coefficient (Wildman–Crippen LogP) is 2.73. The lowest BCUT2D eigenvalue weighted by atomic mass is 10.1. The second-order valence-electron chi connectivity index (χ2n) is 5.04. The van der Waals surface area contributed by atoms with E-state index in [-0.39, 0.29) is 11.6 Å². The van der Waals surface area contributed by atoms with E-state index in [1.165, 1.54) is 0 Å². The minimum Gasteiger partial charge on any atom is -0.322 e. The molecule has 5 heteroatoms. The van der Waals surface area contributed by atoms with Gasteiger partial charge in [-0.05, 0) is 49.2 Å². The van der Waals surface area contributed by atoms with Gasteiger partial charge in [0.2, 0.25) is 0 Å². The summed E-state index contributed by atoms with van der Waals surface area (Å²) in [6.07, 6.45) is 0. The number of carbonyl (C=O) groups is 1. The summed E-state index contributed by atoms with van der Waals surface area (Å²) in [7, 11) is 0. The summed E-state index contributed by atoms with van der Waals surface area (Å²) in [6.45, 7) is 3.97. The normalized spacial score (nSPS) is 10.8. The zero-order valence-electron chi connectivity index (χ0n) is 11.8. The molecule has 0 aliphatic carbocycles. The van der Waals surface area contributed by atoms with Crippen LogP contribution in [-0.4, -0.2) is 15.9 Å². The molecule has 0 aliphatic heterocycles. The smallest absolute Gasteiger partial charge is 0.322 e. The molecule has 5 nitrogen and oxygen atoms in total. The van der Waals surface area contributed by atoms with E-state index in [0.717, 1.165) is 16.8 Å². The summed E-state index contributed by atoms with van der Waals surface area (Å²) in [5, 5.41) is 2.90. The lowest BCUT2D eigenvalue weighted by Crippen LogP contribution is -2.13. The van der Waals surface area contributed by atoms with Gasteiger partial charge < -0.3 is 15.3 Å². The topological polar surface area (TPSA) is 77.8 Å². The highest BCUT2D eigenvalue weighted by Gasteiger charge is 2.10. The molecule has 0 atom stereocenters. The molecule has 0 radical (unpaired) electrons. The van der Waals surface area contributed by atoms with Crippen molar-refractivity contribution in [2.45, 2.75) is 13.8 Å². The predicted molar refractivity (Wildman–Crippen MR) is 82.8 cm³/mol. The minimum atomic E-state index is -0.280. The molecule has 1 heterocycles. The first-order valence-electron chi connectivity index (χ1n) is 6.64. The van der Waals surface area contributed by atoms with Gasteiger partial charge in [-0.1, -0.05) is 12.1 Å². The van der Waals surface area contributed by atoms with E-state index in [2.05, 4.69) is 15.3 Å². The molecule has 3 N–H and O–H groups in total. The molecule has 21 heavy (non-hydrogen) atoms. The van der Waals surface area contributed by atoms with Crippen LogP contribution in [0.1, 0.15) is 21.5 Å². The Labute approximate surface area is 121 Å². The first-order chi connectivity index (χ1) is 10.0. The fourth-order valence-electron chi connectivity index (χ4n) is 2.25. The van der Waals surface area contributed by atoms with Crippen molar-refractivity contribution in [3.8, 4) is 0 Å². The number of benzene rings is 2. The fraction of sp³-hybridized carbons (Fsp3) is 0.125. The maximum atomic E-state index is 12.3. The fourth-order valence-corrected chi connectivity index (χ4v) is 2.25. The van der Waals surface area contributed by atoms with E-state index in [1.807, 2.05) is 32.0 Å². The number of rotatable bonds is 2. The number of hydrogen-bond donors (Lipinski definition) is 3. The lowest BCUT2D eigenvalue weighted by Gasteiger charge is -2.10. The number of anilines is 1. The van der Waals surface area contributed by atoms with E-state index in [1.54, 1.807) is 18.2 Å². The molecule has 0 saturated heterocycles. The van der Waals surface area contributed by atoms with E-state index in [4.69, 9.17) is 0 Å². The van der Waals surface area contributed by atoms with Gasteiger partial charge in [-0.15, -0.1) is 0 Å². The van der Waals surface area contributed by atoms with Crippen LogP contribution in [0.4, 0.5) is 5.69 Å². The van der Waals surface area contributed by atoms with Crippen LogP contribution in [0.5, 0.6) is 0 Å². The number of aromatic amines is 2. The van der Waals surface area contributed by atoms with Crippen molar-refractivity contribution >= 4 is 22.6 Å². The number of aromatic nitrogens is 2. The molecule has 0 aliphatic rings. The highest BCUT2D eigenvalue weighted by Crippen LogP contribution is 2.19. The van der Waals surface area contributed by atoms with Gasteiger partial charge in [-0.3, -0.25) is 4.79 Å². The monoisotopic (exact) mass is 281 g/mol. The largest absolute Gasteiger partial charge is 0.323 e. The number of aryl methyl sites for hydroxylation is 1. The molecule has 0 spiro atoms. The van der Waals surface area contributed by atoms with Crippen LogP contribution in [0.25, 0.3) is 11.0 Å². The van der Waals surface area contributed by atoms with Gasteiger partial charge in [0.15, 0.2) is 0 Å². The Kier molecular flexibility index (Phi) is 3.10. The van der Waals surface area contributed by atoms with E-state index in [0.29, 0.717) is 16.6 Å². The quantitative estimate of drug-likeness (QED) is 0.675. The van der Waals surface area contributed by atoms with Crippen LogP contribution in [0.15, 0.2) is 41.2 Å². The van der Waals surface area contributed by atoms with Crippen LogP contribution in [0, 0.1) is 13.8 Å². The zero-order chi connectivity index (χ0) is 15.0. The van der Waals surface area contributed by atoms with E-state index in [9.17, 15) is 9.59 Å². The Morgan fingerprint density at radius 3 is 2.62 bits per heavy atom. The molecular weight excluding hydrogens is 266 g/mol. The average Bonchev–Trinajstić information content (AvgIpc) is 2.82. The van der Waals surface area contributed by atoms with Crippen LogP contribution < -0.4 is 11.0 Å². The molecular formula is C16H15N3O2. The zero-order valence-corrected chi connectivity index (χ0v) is 11.8. The molecule has 0 fully saturated rings. The Bertz CT molecular complexity index is 890. The first-order valence-corrected chi connectivity index (χ1v) is 6.64. The number of carbonyl (C=O) groups excluding carboxylic acids is 1. The lowest BCUT2D eigenvalue weighted by molar-refractivity contribution is 0.102. The van der Waals surface area contributed by atoms with Gasteiger partial charge in [0.05, 0.1) is 11.0 Å². The summed E-state index contributed by atoms with van der Waals surface area (Å²) in [5.74, 6) is -0.201. The Morgan fingerprint density at radius 2 is 1.81 bits per heavy atom. The van der Waals surface area contributed by atoms with Crippen LogP contribution in [0.2, 0.25) is 0 Å². The van der Waals surface area contributed by atoms with Gasteiger partial charge in [0, 0.05) is 11.3 Å². The highest BCUT2D eigenvalue weighted by molar-refractivity contribution is 6.06. The molecule has 0 bridgehead atoms. The van der Waals surface area contributed by atoms with Crippen LogP contribution >= 0.6 is 0 Å². The SMILES string of the molecule is Cc1cccc(NC(=O)c2ccc3[nH]c(=O)[nH]c3c2)c1C. The molecule has 1 amide bonds. The Hall–Kier alpha value is -2.82. The van der Waals surface area contributed by atoms with Gasteiger partial charge in [-0.25, -0.2) is 4.79 Å². The minimum absolute atomic E-state index is 0.201. The summed E-state index contributed by atoms with van der Waals surface area (Å²) < 4.78 is 0. The maximum Gasteiger partial charge on any atom is 0.323 e. The third-order valence-corrected chi connectivity index (χ3v) is 3.63. The first kappa shape index (κ1) is 13.2. The summed E-state index contributed by atoms with van der Waals surface area (Å²) in [5.41, 5.74) is 4.48. The van der Waals surface area contributed by atoms with Crippen molar-refractivity contribution in [1.82, 2.24) is 9.97 Å². The summed E-state index contributed by atoms with van der Waals surface area (Å²) >= 11 is 0. The average molecular weight is 281 g/mol. The van der Waals surface area contributed by atoms with Crippen molar-refractivity contribution < 1.29 is 4.79 Å². The number of fused-ring (bicyclic) bond motifs is 1. The Morgan fingerprint density at radius 1 is 1.05 bits per heavy atom. The Balaban J connectivity index is 1.93. The number of imidazole rings is 1. The molecule has 2 aromatic carbocycles. The van der Waals surface area contributed by atoms with Gasteiger partial charge in [0.25, 0.3) is 5.91 Å². The standard InChI is InChI=1S/C16H15N3O2/c1-9-4-3-5-12(10(9)2)17-15(20)11-6-7-13-14(8-11)19-16(21)18-13/h3-8H,1-2H3,(H,17,20)(H2,18,19,21). The van der Waals surface area contributed by atoms with Crippen molar-refractivity contribution in [3.63, 3.8) is 0 Å². The third kappa shape index (κ3) is 2.45. The van der Waals surface area contributed by atoms with Crippen molar-refractivity contribution in [2.75, 3.05) is 5.32 Å². The molecule has 0 unspecified atom stereocenters. The van der Waals surface area contributed by atoms with Crippen LogP contribution in [-0.2, 0) is 0 Å². The number of hydrogen-bond acceptors (Lipinski definition) is 2. The van der Waals surface area contributed by atoms with Crippen LogP contribution in [0.3, 0.4) is 0 Å². The highest BCUT2D eigenvalue weighted by atomic mass is 16.2. The molecule has 3 rings (SSSR count). The molecule has 106 valence electrons. The molecule has 0 saturated carbocycles. The van der Waals surface area contributed by atoms with Gasteiger partial charge >= 0.3 is 5.69 Å². The number of H-pyrrole nitrogens is 2. The third-order valence-electron chi connectivity index (χ3n) is 3.63. The number of nitrogens with one attached hydrogen (secondary N) is 3. The van der Waals surface area contributed by atoms with E-state index >= 15 is 0 Å². The van der Waals surface area contributed by atoms with Crippen molar-refractivity contribution in [1.29, 1.82) is 0 Å². The molecule has 1 aromatic heterocycles. The maximum absolute atomic E-state index is 12.3. The molecule has 3 aromatic rings. The summed E-state index contributed by atoms with van der Waals surface area (Å²) in [6, 6.07) is 10.8. The second-order valence-corrected chi connectivity index (χ2v) is 5.04. The second kappa shape index (κ2) is 4.94. The van der Waals surface area contributed by atoms with Gasteiger partial charge in [0.1, 0.15) is 0 Å². The van der Waals surface area contributed by atoms with Crippen molar-refractivity contribution in [2.24, 2.45) is 0 Å². The summed E-state index contributed by atoms with van der Waals surface area (Å²) in [4.78, 5) is 28.8. The van der Waals surface area contributed by atoms with Crippen molar-refractivity contribution in [3.05, 3.63) is 63.6 Å². The van der Waals surface area contributed by atoms with E-state index < -0.39 is 0 Å². The van der Waals surface area contributed by atoms with Gasteiger partial charge in [-0.2, -0.15) is 0 Å².